The molecule has 0 amide bonds. The Balaban J connectivity index is 2.20. The average molecular weight is 313 g/mol. The van der Waals surface area contributed by atoms with E-state index in [1.54, 1.807) is 0 Å². The molecule has 0 aliphatic carbocycles. The van der Waals surface area contributed by atoms with E-state index in [1.165, 1.54) is 11.1 Å². The Morgan fingerprint density at radius 1 is 1.17 bits per heavy atom. The molecule has 0 radical (unpaired) electrons. The molecule has 2 N–H and O–H groups in total. The summed E-state index contributed by atoms with van der Waals surface area (Å²) in [5.41, 5.74) is 2.94. The minimum Gasteiger partial charge on any atom is -0.313 e. The normalized spacial score (nSPS) is 11.8. The van der Waals surface area contributed by atoms with E-state index < -0.39 is 0 Å². The highest BCUT2D eigenvalue weighted by Crippen LogP contribution is 2.15. The molecule has 0 aliphatic rings. The lowest BCUT2D eigenvalue weighted by molar-refractivity contribution is 0.418. The minimum atomic E-state index is 0.223. The van der Waals surface area contributed by atoms with Crippen molar-refractivity contribution < 1.29 is 0 Å². The Morgan fingerprint density at radius 2 is 1.89 bits per heavy atom. The van der Waals surface area contributed by atoms with Gasteiger partial charge in [-0.25, -0.2) is 0 Å². The number of halogens is 1. The SMILES string of the molecule is Cc1ccc(Br)cc1CNCCCNC(C)(C)C. The summed E-state index contributed by atoms with van der Waals surface area (Å²) < 4.78 is 1.15. The van der Waals surface area contributed by atoms with Gasteiger partial charge < -0.3 is 10.6 Å². The fourth-order valence-corrected chi connectivity index (χ4v) is 2.14. The van der Waals surface area contributed by atoms with Crippen molar-refractivity contribution in [2.24, 2.45) is 0 Å². The van der Waals surface area contributed by atoms with Crippen LogP contribution in [0.15, 0.2) is 22.7 Å². The van der Waals surface area contributed by atoms with Gasteiger partial charge in [0.2, 0.25) is 0 Å². The quantitative estimate of drug-likeness (QED) is 0.784. The van der Waals surface area contributed by atoms with Crippen LogP contribution < -0.4 is 10.6 Å². The molecule has 0 spiro atoms. The third-order valence-electron chi connectivity index (χ3n) is 2.81. The predicted molar refractivity (Wildman–Crippen MR) is 83.0 cm³/mol. The van der Waals surface area contributed by atoms with Crippen LogP contribution in [-0.2, 0) is 6.54 Å². The van der Waals surface area contributed by atoms with Crippen LogP contribution >= 0.6 is 15.9 Å². The smallest absolute Gasteiger partial charge is 0.0208 e. The largest absolute Gasteiger partial charge is 0.313 e. The zero-order valence-corrected chi connectivity index (χ0v) is 13.5. The highest BCUT2D eigenvalue weighted by atomic mass is 79.9. The van der Waals surface area contributed by atoms with Crippen LogP contribution in [0, 0.1) is 6.92 Å². The average Bonchev–Trinajstić information content (AvgIpc) is 2.26. The van der Waals surface area contributed by atoms with Crippen molar-refractivity contribution in [3.8, 4) is 0 Å². The van der Waals surface area contributed by atoms with Crippen LogP contribution in [-0.4, -0.2) is 18.6 Å². The molecule has 102 valence electrons. The number of hydrogen-bond donors (Lipinski definition) is 2. The summed E-state index contributed by atoms with van der Waals surface area (Å²) in [5.74, 6) is 0. The maximum atomic E-state index is 3.51. The molecule has 1 aromatic rings. The molecular weight excluding hydrogens is 288 g/mol. The Hall–Kier alpha value is -0.380. The van der Waals surface area contributed by atoms with Crippen LogP contribution in [0.25, 0.3) is 0 Å². The van der Waals surface area contributed by atoms with Gasteiger partial charge in [-0.2, -0.15) is 0 Å². The summed E-state index contributed by atoms with van der Waals surface area (Å²) >= 11 is 3.51. The molecule has 0 saturated heterocycles. The van der Waals surface area contributed by atoms with Gasteiger partial charge in [-0.15, -0.1) is 0 Å². The molecule has 2 nitrogen and oxygen atoms in total. The van der Waals surface area contributed by atoms with Crippen LogP contribution in [0.2, 0.25) is 0 Å². The van der Waals surface area contributed by atoms with Gasteiger partial charge >= 0.3 is 0 Å². The first-order valence-corrected chi connectivity index (χ1v) is 7.38. The highest BCUT2D eigenvalue weighted by molar-refractivity contribution is 9.10. The van der Waals surface area contributed by atoms with E-state index in [9.17, 15) is 0 Å². The van der Waals surface area contributed by atoms with Gasteiger partial charge in [0, 0.05) is 16.6 Å². The number of hydrogen-bond acceptors (Lipinski definition) is 2. The lowest BCUT2D eigenvalue weighted by atomic mass is 10.1. The third-order valence-corrected chi connectivity index (χ3v) is 3.31. The Kier molecular flexibility index (Phi) is 6.33. The van der Waals surface area contributed by atoms with Gasteiger partial charge in [-0.05, 0) is 70.5 Å². The summed E-state index contributed by atoms with van der Waals surface area (Å²) in [6, 6.07) is 6.43. The molecule has 0 unspecified atom stereocenters. The summed E-state index contributed by atoms with van der Waals surface area (Å²) in [6.45, 7) is 11.8. The van der Waals surface area contributed by atoms with Gasteiger partial charge in [-0.1, -0.05) is 22.0 Å². The van der Waals surface area contributed by atoms with Crippen molar-refractivity contribution in [1.29, 1.82) is 0 Å². The first-order chi connectivity index (χ1) is 8.38. The summed E-state index contributed by atoms with van der Waals surface area (Å²) in [6.07, 6.45) is 1.16. The van der Waals surface area contributed by atoms with Crippen LogP contribution in [0.3, 0.4) is 0 Å². The van der Waals surface area contributed by atoms with E-state index in [4.69, 9.17) is 0 Å². The van der Waals surface area contributed by atoms with E-state index in [0.717, 1.165) is 30.5 Å². The molecule has 0 fully saturated rings. The van der Waals surface area contributed by atoms with Crippen LogP contribution in [0.1, 0.15) is 38.3 Å². The van der Waals surface area contributed by atoms with Crippen molar-refractivity contribution >= 4 is 15.9 Å². The second-order valence-corrected chi connectivity index (χ2v) is 6.69. The van der Waals surface area contributed by atoms with E-state index in [0.29, 0.717) is 0 Å². The first-order valence-electron chi connectivity index (χ1n) is 6.59. The summed E-state index contributed by atoms with van der Waals surface area (Å²) in [5, 5.41) is 6.99. The summed E-state index contributed by atoms with van der Waals surface area (Å²) in [4.78, 5) is 0. The molecule has 1 aromatic carbocycles. The number of aryl methyl sites for hydroxylation is 1. The predicted octanol–water partition coefficient (Wildman–Crippen LogP) is 3.63. The molecule has 0 aromatic heterocycles. The lowest BCUT2D eigenvalue weighted by Crippen LogP contribution is -2.37. The molecular formula is C15H25BrN2. The standard InChI is InChI=1S/C15H25BrN2/c1-12-6-7-14(16)10-13(12)11-17-8-5-9-18-15(2,3)4/h6-7,10,17-18H,5,8-9,11H2,1-4H3. The van der Waals surface area contributed by atoms with E-state index in [2.05, 4.69) is 72.5 Å². The second-order valence-electron chi connectivity index (χ2n) is 5.78. The van der Waals surface area contributed by atoms with Crippen molar-refractivity contribution in [3.05, 3.63) is 33.8 Å². The molecule has 0 bridgehead atoms. The van der Waals surface area contributed by atoms with Gasteiger partial charge in [0.15, 0.2) is 0 Å². The van der Waals surface area contributed by atoms with Crippen molar-refractivity contribution in [2.75, 3.05) is 13.1 Å². The molecule has 3 heteroatoms. The highest BCUT2D eigenvalue weighted by Gasteiger charge is 2.06. The van der Waals surface area contributed by atoms with Crippen LogP contribution in [0.4, 0.5) is 0 Å². The molecule has 18 heavy (non-hydrogen) atoms. The maximum absolute atomic E-state index is 3.51. The number of nitrogens with one attached hydrogen (secondary N) is 2. The molecule has 1 rings (SSSR count). The molecule has 0 saturated carbocycles. The van der Waals surface area contributed by atoms with Gasteiger partial charge in [0.25, 0.3) is 0 Å². The topological polar surface area (TPSA) is 24.1 Å². The Labute approximate surface area is 120 Å². The number of rotatable bonds is 6. The van der Waals surface area contributed by atoms with E-state index in [1.807, 2.05) is 0 Å². The zero-order chi connectivity index (χ0) is 13.6. The molecule has 0 heterocycles. The van der Waals surface area contributed by atoms with E-state index in [-0.39, 0.29) is 5.54 Å². The third kappa shape index (κ3) is 6.53. The lowest BCUT2D eigenvalue weighted by Gasteiger charge is -2.20. The fraction of sp³-hybridized carbons (Fsp3) is 0.600. The maximum Gasteiger partial charge on any atom is 0.0208 e. The minimum absolute atomic E-state index is 0.223. The van der Waals surface area contributed by atoms with Crippen LogP contribution in [0.5, 0.6) is 0 Å². The molecule has 0 aliphatic heterocycles. The second kappa shape index (κ2) is 7.27. The Bertz CT molecular complexity index is 369. The zero-order valence-electron chi connectivity index (χ0n) is 11.9. The van der Waals surface area contributed by atoms with Crippen molar-refractivity contribution in [1.82, 2.24) is 10.6 Å². The first kappa shape index (κ1) is 15.7. The fourth-order valence-electron chi connectivity index (χ4n) is 1.73. The van der Waals surface area contributed by atoms with Gasteiger partial charge in [-0.3, -0.25) is 0 Å². The number of benzene rings is 1. The van der Waals surface area contributed by atoms with Crippen molar-refractivity contribution in [2.45, 2.75) is 46.2 Å². The Morgan fingerprint density at radius 3 is 2.56 bits per heavy atom. The van der Waals surface area contributed by atoms with Crippen molar-refractivity contribution in [3.63, 3.8) is 0 Å². The monoisotopic (exact) mass is 312 g/mol. The molecule has 0 atom stereocenters. The van der Waals surface area contributed by atoms with E-state index >= 15 is 0 Å². The summed E-state index contributed by atoms with van der Waals surface area (Å²) in [7, 11) is 0. The van der Waals surface area contributed by atoms with Gasteiger partial charge in [0.05, 0.1) is 0 Å². The van der Waals surface area contributed by atoms with Gasteiger partial charge in [0.1, 0.15) is 0 Å².